The molecule has 1 atom stereocenters. The summed E-state index contributed by atoms with van der Waals surface area (Å²) in [6, 6.07) is 10.7. The molecule has 1 fully saturated rings. The van der Waals surface area contributed by atoms with Crippen LogP contribution in [0.15, 0.2) is 45.8 Å². The second kappa shape index (κ2) is 8.35. The number of nitrogens with one attached hydrogen (secondary N) is 1. The van der Waals surface area contributed by atoms with E-state index in [-0.39, 0.29) is 23.3 Å². The second-order valence-corrected chi connectivity index (χ2v) is 10.3. The molecule has 2 aromatic rings. The number of rotatable bonds is 4. The second-order valence-electron chi connectivity index (χ2n) is 7.42. The molecule has 1 heterocycles. The number of nitrogens with zero attached hydrogens (tertiary/aromatic N) is 1. The van der Waals surface area contributed by atoms with Gasteiger partial charge in [-0.25, -0.2) is 8.42 Å². The summed E-state index contributed by atoms with van der Waals surface area (Å²) >= 11 is 3.32. The topological polar surface area (TPSA) is 66.5 Å². The fraction of sp³-hybridized carbons (Fsp3) is 0.381. The minimum atomic E-state index is -3.61. The molecule has 1 amide bonds. The molecule has 150 valence electrons. The Hall–Kier alpha value is -1.70. The minimum Gasteiger partial charge on any atom is -0.325 e. The lowest BCUT2D eigenvalue weighted by Crippen LogP contribution is -2.43. The Morgan fingerprint density at radius 3 is 2.32 bits per heavy atom. The number of hydrogen-bond acceptors (Lipinski definition) is 3. The summed E-state index contributed by atoms with van der Waals surface area (Å²) in [5.74, 6) is -0.482. The van der Waals surface area contributed by atoms with E-state index in [4.69, 9.17) is 0 Å². The summed E-state index contributed by atoms with van der Waals surface area (Å²) in [5, 5.41) is 3.03. The average Bonchev–Trinajstić information content (AvgIpc) is 2.65. The summed E-state index contributed by atoms with van der Waals surface area (Å²) in [7, 11) is -3.61. The van der Waals surface area contributed by atoms with E-state index in [0.717, 1.165) is 26.9 Å². The lowest BCUT2D eigenvalue weighted by molar-refractivity contribution is -0.120. The van der Waals surface area contributed by atoms with Gasteiger partial charge in [0.2, 0.25) is 15.9 Å². The van der Waals surface area contributed by atoms with E-state index in [1.807, 2.05) is 32.9 Å². The minimum absolute atomic E-state index is 0.120. The zero-order valence-electron chi connectivity index (χ0n) is 16.3. The lowest BCUT2D eigenvalue weighted by atomic mass is 9.98. The van der Waals surface area contributed by atoms with Crippen molar-refractivity contribution < 1.29 is 13.2 Å². The van der Waals surface area contributed by atoms with Gasteiger partial charge >= 0.3 is 0 Å². The molecule has 0 bridgehead atoms. The van der Waals surface area contributed by atoms with Crippen molar-refractivity contribution in [3.63, 3.8) is 0 Å². The summed E-state index contributed by atoms with van der Waals surface area (Å²) < 4.78 is 28.2. The van der Waals surface area contributed by atoms with E-state index >= 15 is 0 Å². The highest BCUT2D eigenvalue weighted by Gasteiger charge is 2.33. The van der Waals surface area contributed by atoms with E-state index < -0.39 is 10.0 Å². The Morgan fingerprint density at radius 1 is 1.11 bits per heavy atom. The number of anilines is 1. The maximum absolute atomic E-state index is 12.9. The van der Waals surface area contributed by atoms with Crippen LogP contribution in [0.4, 0.5) is 5.69 Å². The lowest BCUT2D eigenvalue weighted by Gasteiger charge is -2.31. The molecule has 0 spiro atoms. The van der Waals surface area contributed by atoms with Gasteiger partial charge in [-0.1, -0.05) is 33.6 Å². The van der Waals surface area contributed by atoms with E-state index in [2.05, 4.69) is 21.2 Å². The molecule has 0 unspecified atom stereocenters. The molecule has 0 radical (unpaired) electrons. The standard InChI is InChI=1S/C21H25BrN2O3S/c1-14-11-15(2)20(16(3)12-14)23-21(25)17-5-4-10-24(13-17)28(26,27)19-8-6-18(22)7-9-19/h6-9,11-12,17H,4-5,10,13H2,1-3H3,(H,23,25)/t17-/m1/s1. The first-order valence-electron chi connectivity index (χ1n) is 9.33. The number of hydrogen-bond donors (Lipinski definition) is 1. The van der Waals surface area contributed by atoms with Crippen LogP contribution in [0, 0.1) is 26.7 Å². The number of benzene rings is 2. The predicted octanol–water partition coefficient (Wildman–Crippen LogP) is 4.41. The molecule has 1 aliphatic heterocycles. The molecule has 0 aliphatic carbocycles. The van der Waals surface area contributed by atoms with Crippen molar-refractivity contribution in [3.8, 4) is 0 Å². The molecule has 0 aromatic heterocycles. The predicted molar refractivity (Wildman–Crippen MR) is 115 cm³/mol. The highest BCUT2D eigenvalue weighted by molar-refractivity contribution is 9.10. The van der Waals surface area contributed by atoms with Crippen molar-refractivity contribution in [2.24, 2.45) is 5.92 Å². The first kappa shape index (κ1) is 21.0. The van der Waals surface area contributed by atoms with Crippen LogP contribution in [0.5, 0.6) is 0 Å². The Bertz CT molecular complexity index is 964. The van der Waals surface area contributed by atoms with E-state index in [1.54, 1.807) is 24.3 Å². The molecule has 5 nitrogen and oxygen atoms in total. The van der Waals surface area contributed by atoms with Gasteiger partial charge in [-0.05, 0) is 69.0 Å². The van der Waals surface area contributed by atoms with Crippen LogP contribution in [-0.2, 0) is 14.8 Å². The molecular weight excluding hydrogens is 440 g/mol. The summed E-state index contributed by atoms with van der Waals surface area (Å²) in [5.41, 5.74) is 4.00. The van der Waals surface area contributed by atoms with Crippen molar-refractivity contribution in [1.29, 1.82) is 0 Å². The monoisotopic (exact) mass is 464 g/mol. The fourth-order valence-electron chi connectivity index (χ4n) is 3.73. The Balaban J connectivity index is 1.76. The van der Waals surface area contributed by atoms with Crippen LogP contribution in [0.3, 0.4) is 0 Å². The molecule has 7 heteroatoms. The average molecular weight is 465 g/mol. The van der Waals surface area contributed by atoms with Gasteiger partial charge in [-0.3, -0.25) is 4.79 Å². The molecular formula is C21H25BrN2O3S. The van der Waals surface area contributed by atoms with Crippen molar-refractivity contribution in [1.82, 2.24) is 4.31 Å². The highest BCUT2D eigenvalue weighted by atomic mass is 79.9. The molecule has 2 aromatic carbocycles. The molecule has 3 rings (SSSR count). The molecule has 28 heavy (non-hydrogen) atoms. The highest BCUT2D eigenvalue weighted by Crippen LogP contribution is 2.27. The maximum atomic E-state index is 12.9. The third-order valence-electron chi connectivity index (χ3n) is 5.13. The Labute approximate surface area is 175 Å². The van der Waals surface area contributed by atoms with E-state index in [0.29, 0.717) is 19.4 Å². The van der Waals surface area contributed by atoms with Crippen molar-refractivity contribution in [2.75, 3.05) is 18.4 Å². The fourth-order valence-corrected chi connectivity index (χ4v) is 5.52. The van der Waals surface area contributed by atoms with Crippen LogP contribution in [-0.4, -0.2) is 31.7 Å². The molecule has 0 saturated carbocycles. The number of aryl methyl sites for hydroxylation is 3. The number of sulfonamides is 1. The maximum Gasteiger partial charge on any atom is 0.243 e. The SMILES string of the molecule is Cc1cc(C)c(NC(=O)[C@@H]2CCCN(S(=O)(=O)c3ccc(Br)cc3)C2)c(C)c1. The number of halogens is 1. The first-order chi connectivity index (χ1) is 13.2. The van der Waals surface area contributed by atoms with Gasteiger partial charge in [0.15, 0.2) is 0 Å². The largest absolute Gasteiger partial charge is 0.325 e. The van der Waals surface area contributed by atoms with Crippen LogP contribution >= 0.6 is 15.9 Å². The van der Waals surface area contributed by atoms with Gasteiger partial charge in [0.25, 0.3) is 0 Å². The third-order valence-corrected chi connectivity index (χ3v) is 7.54. The Morgan fingerprint density at radius 2 is 1.71 bits per heavy atom. The number of piperidine rings is 1. The van der Waals surface area contributed by atoms with Gasteiger partial charge in [-0.2, -0.15) is 4.31 Å². The summed E-state index contributed by atoms with van der Waals surface area (Å²) in [6.07, 6.45) is 1.35. The van der Waals surface area contributed by atoms with Crippen LogP contribution in [0.2, 0.25) is 0 Å². The number of carbonyl (C=O) groups excluding carboxylic acids is 1. The van der Waals surface area contributed by atoms with Crippen LogP contribution in [0.25, 0.3) is 0 Å². The number of carbonyl (C=O) groups is 1. The number of amides is 1. The quantitative estimate of drug-likeness (QED) is 0.728. The van der Waals surface area contributed by atoms with Crippen molar-refractivity contribution in [3.05, 3.63) is 57.6 Å². The molecule has 1 aliphatic rings. The molecule has 1 N–H and O–H groups in total. The summed E-state index contributed by atoms with van der Waals surface area (Å²) in [4.78, 5) is 13.1. The van der Waals surface area contributed by atoms with Crippen LogP contribution in [0.1, 0.15) is 29.5 Å². The van der Waals surface area contributed by atoms with Gasteiger partial charge in [0, 0.05) is 23.2 Å². The zero-order valence-corrected chi connectivity index (χ0v) is 18.7. The van der Waals surface area contributed by atoms with Gasteiger partial charge in [0.1, 0.15) is 0 Å². The summed E-state index contributed by atoms with van der Waals surface area (Å²) in [6.45, 7) is 6.61. The van der Waals surface area contributed by atoms with E-state index in [9.17, 15) is 13.2 Å². The van der Waals surface area contributed by atoms with Crippen LogP contribution < -0.4 is 5.32 Å². The Kier molecular flexibility index (Phi) is 6.27. The molecule has 1 saturated heterocycles. The van der Waals surface area contributed by atoms with Gasteiger partial charge < -0.3 is 5.32 Å². The smallest absolute Gasteiger partial charge is 0.243 e. The van der Waals surface area contributed by atoms with E-state index in [1.165, 1.54) is 4.31 Å². The first-order valence-corrected chi connectivity index (χ1v) is 11.6. The van der Waals surface area contributed by atoms with Crippen molar-refractivity contribution >= 4 is 37.5 Å². The van der Waals surface area contributed by atoms with Crippen molar-refractivity contribution in [2.45, 2.75) is 38.5 Å². The van der Waals surface area contributed by atoms with Gasteiger partial charge in [0.05, 0.1) is 10.8 Å². The van der Waals surface area contributed by atoms with Gasteiger partial charge in [-0.15, -0.1) is 0 Å². The normalized spacial score (nSPS) is 18.1. The third kappa shape index (κ3) is 4.47. The zero-order chi connectivity index (χ0) is 20.5.